The molecule has 2 N–H and O–H groups in total. The van der Waals surface area contributed by atoms with Gasteiger partial charge in [-0.3, -0.25) is 0 Å². The molecule has 0 radical (unpaired) electrons. The smallest absolute Gasteiger partial charge is 0.134 e. The van der Waals surface area contributed by atoms with Crippen molar-refractivity contribution in [3.63, 3.8) is 0 Å². The second-order valence-corrected chi connectivity index (χ2v) is 5.54. The molecule has 0 bridgehead atoms. The van der Waals surface area contributed by atoms with Crippen molar-refractivity contribution < 1.29 is 4.74 Å². The molecule has 2 rings (SSSR count). The second-order valence-electron chi connectivity index (χ2n) is 4.69. The Bertz CT molecular complexity index is 581. The van der Waals surface area contributed by atoms with Gasteiger partial charge in [0, 0.05) is 6.54 Å². The van der Waals surface area contributed by atoms with Gasteiger partial charge < -0.3 is 10.5 Å². The van der Waals surface area contributed by atoms with Gasteiger partial charge in [-0.1, -0.05) is 29.8 Å². The maximum Gasteiger partial charge on any atom is 0.134 e. The lowest BCUT2D eigenvalue weighted by Gasteiger charge is -2.11. The molecule has 0 aliphatic rings. The predicted octanol–water partition coefficient (Wildman–Crippen LogP) is 4.10. The molecular weight excluding hydrogens is 302 g/mol. The Kier molecular flexibility index (Phi) is 4.61. The SMILES string of the molecule is Cc1ccc(C)c(COc2ccc(CN)cc2Br)c1. The summed E-state index contributed by atoms with van der Waals surface area (Å²) in [4.78, 5) is 0. The zero-order chi connectivity index (χ0) is 13.8. The van der Waals surface area contributed by atoms with E-state index in [0.29, 0.717) is 13.2 Å². The monoisotopic (exact) mass is 319 g/mol. The van der Waals surface area contributed by atoms with Crippen molar-refractivity contribution >= 4 is 15.9 Å². The average Bonchev–Trinajstić information content (AvgIpc) is 2.40. The zero-order valence-corrected chi connectivity index (χ0v) is 12.8. The van der Waals surface area contributed by atoms with Crippen LogP contribution in [0.25, 0.3) is 0 Å². The summed E-state index contributed by atoms with van der Waals surface area (Å²) >= 11 is 3.51. The fourth-order valence-corrected chi connectivity index (χ4v) is 2.44. The van der Waals surface area contributed by atoms with Gasteiger partial charge in [-0.2, -0.15) is 0 Å². The van der Waals surface area contributed by atoms with Crippen LogP contribution in [0.3, 0.4) is 0 Å². The molecule has 3 heteroatoms. The van der Waals surface area contributed by atoms with Gasteiger partial charge in [0.1, 0.15) is 12.4 Å². The van der Waals surface area contributed by atoms with Crippen molar-refractivity contribution in [2.75, 3.05) is 0 Å². The van der Waals surface area contributed by atoms with Crippen LogP contribution in [0.2, 0.25) is 0 Å². The fourth-order valence-electron chi connectivity index (χ4n) is 1.90. The minimum absolute atomic E-state index is 0.538. The molecule has 0 unspecified atom stereocenters. The summed E-state index contributed by atoms with van der Waals surface area (Å²) < 4.78 is 6.82. The van der Waals surface area contributed by atoms with Crippen LogP contribution in [0.1, 0.15) is 22.3 Å². The van der Waals surface area contributed by atoms with E-state index in [0.717, 1.165) is 15.8 Å². The molecule has 2 aromatic carbocycles. The highest BCUT2D eigenvalue weighted by atomic mass is 79.9. The van der Waals surface area contributed by atoms with Crippen molar-refractivity contribution in [3.8, 4) is 5.75 Å². The van der Waals surface area contributed by atoms with Gasteiger partial charge >= 0.3 is 0 Å². The van der Waals surface area contributed by atoms with Crippen molar-refractivity contribution in [1.82, 2.24) is 0 Å². The number of hydrogen-bond donors (Lipinski definition) is 1. The van der Waals surface area contributed by atoms with Crippen molar-refractivity contribution in [2.45, 2.75) is 27.0 Å². The minimum atomic E-state index is 0.538. The first kappa shape index (κ1) is 14.1. The third-order valence-corrected chi connectivity index (χ3v) is 3.74. The summed E-state index contributed by atoms with van der Waals surface area (Å²) in [5, 5.41) is 0. The quantitative estimate of drug-likeness (QED) is 0.920. The number of rotatable bonds is 4. The normalized spacial score (nSPS) is 10.5. The molecule has 0 saturated heterocycles. The lowest BCUT2D eigenvalue weighted by atomic mass is 10.1. The Balaban J connectivity index is 2.12. The Morgan fingerprint density at radius 2 is 1.89 bits per heavy atom. The summed E-state index contributed by atoms with van der Waals surface area (Å²) in [6.07, 6.45) is 0. The zero-order valence-electron chi connectivity index (χ0n) is 11.2. The molecular formula is C16H18BrNO. The topological polar surface area (TPSA) is 35.2 Å². The summed E-state index contributed by atoms with van der Waals surface area (Å²) in [5.41, 5.74) is 10.4. The molecule has 19 heavy (non-hydrogen) atoms. The van der Waals surface area contributed by atoms with Gasteiger partial charge in [-0.05, 0) is 58.6 Å². The van der Waals surface area contributed by atoms with Crippen molar-refractivity contribution in [3.05, 3.63) is 63.1 Å². The molecule has 0 saturated carbocycles. The first-order valence-electron chi connectivity index (χ1n) is 6.27. The number of ether oxygens (including phenoxy) is 1. The van der Waals surface area contributed by atoms with Gasteiger partial charge in [0.2, 0.25) is 0 Å². The number of nitrogens with two attached hydrogens (primary N) is 1. The van der Waals surface area contributed by atoms with Gasteiger partial charge in [0.15, 0.2) is 0 Å². The standard InChI is InChI=1S/C16H18BrNO/c1-11-3-4-12(2)14(7-11)10-19-16-6-5-13(9-18)8-15(16)17/h3-8H,9-10,18H2,1-2H3. The number of aryl methyl sites for hydroxylation is 2. The maximum absolute atomic E-state index is 5.87. The first-order valence-corrected chi connectivity index (χ1v) is 7.07. The van der Waals surface area contributed by atoms with Gasteiger partial charge in [0.25, 0.3) is 0 Å². The average molecular weight is 320 g/mol. The molecule has 0 aliphatic heterocycles. The van der Waals surface area contributed by atoms with Gasteiger partial charge in [-0.25, -0.2) is 0 Å². The molecule has 2 nitrogen and oxygen atoms in total. The fraction of sp³-hybridized carbons (Fsp3) is 0.250. The Hall–Kier alpha value is -1.32. The van der Waals surface area contributed by atoms with Gasteiger partial charge in [0.05, 0.1) is 4.47 Å². The summed E-state index contributed by atoms with van der Waals surface area (Å²) in [5.74, 6) is 0.845. The van der Waals surface area contributed by atoms with Crippen LogP contribution >= 0.6 is 15.9 Å². The molecule has 0 aliphatic carbocycles. The number of halogens is 1. The minimum Gasteiger partial charge on any atom is -0.488 e. The van der Waals surface area contributed by atoms with Crippen LogP contribution in [0.4, 0.5) is 0 Å². The number of benzene rings is 2. The van der Waals surface area contributed by atoms with Gasteiger partial charge in [-0.15, -0.1) is 0 Å². The molecule has 0 atom stereocenters. The maximum atomic E-state index is 5.87. The van der Waals surface area contributed by atoms with E-state index in [4.69, 9.17) is 10.5 Å². The first-order chi connectivity index (χ1) is 9.10. The Morgan fingerprint density at radius 3 is 2.58 bits per heavy atom. The van der Waals surface area contributed by atoms with E-state index in [1.54, 1.807) is 0 Å². The number of hydrogen-bond acceptors (Lipinski definition) is 2. The lowest BCUT2D eigenvalue weighted by molar-refractivity contribution is 0.303. The van der Waals surface area contributed by atoms with Crippen LogP contribution in [0.15, 0.2) is 40.9 Å². The van der Waals surface area contributed by atoms with E-state index in [-0.39, 0.29) is 0 Å². The van der Waals surface area contributed by atoms with E-state index < -0.39 is 0 Å². The van der Waals surface area contributed by atoms with Crippen molar-refractivity contribution in [2.24, 2.45) is 5.73 Å². The highest BCUT2D eigenvalue weighted by molar-refractivity contribution is 9.10. The van der Waals surface area contributed by atoms with Crippen LogP contribution in [-0.4, -0.2) is 0 Å². The van der Waals surface area contributed by atoms with Crippen LogP contribution in [0.5, 0.6) is 5.75 Å². The Morgan fingerprint density at radius 1 is 1.11 bits per heavy atom. The van der Waals surface area contributed by atoms with E-state index in [2.05, 4.69) is 48.0 Å². The third-order valence-electron chi connectivity index (χ3n) is 3.12. The molecule has 0 spiro atoms. The van der Waals surface area contributed by atoms with E-state index in [1.807, 2.05) is 18.2 Å². The summed E-state index contributed by atoms with van der Waals surface area (Å²) in [6.45, 7) is 5.31. The van der Waals surface area contributed by atoms with Crippen LogP contribution < -0.4 is 10.5 Å². The van der Waals surface area contributed by atoms with Crippen molar-refractivity contribution in [1.29, 1.82) is 0 Å². The highest BCUT2D eigenvalue weighted by Crippen LogP contribution is 2.27. The predicted molar refractivity (Wildman–Crippen MR) is 82.3 cm³/mol. The van der Waals surface area contributed by atoms with E-state index >= 15 is 0 Å². The second kappa shape index (κ2) is 6.22. The van der Waals surface area contributed by atoms with Crippen LogP contribution in [-0.2, 0) is 13.2 Å². The molecule has 100 valence electrons. The third kappa shape index (κ3) is 3.58. The molecule has 2 aromatic rings. The molecule has 0 aromatic heterocycles. The lowest BCUT2D eigenvalue weighted by Crippen LogP contribution is -2.00. The van der Waals surface area contributed by atoms with E-state index in [1.165, 1.54) is 16.7 Å². The summed E-state index contributed by atoms with van der Waals surface area (Å²) in [7, 11) is 0. The van der Waals surface area contributed by atoms with E-state index in [9.17, 15) is 0 Å². The van der Waals surface area contributed by atoms with Crippen LogP contribution in [0, 0.1) is 13.8 Å². The largest absolute Gasteiger partial charge is 0.488 e. The summed E-state index contributed by atoms with van der Waals surface area (Å²) in [6, 6.07) is 12.3. The Labute approximate surface area is 122 Å². The molecule has 0 heterocycles. The molecule has 0 amide bonds. The molecule has 0 fully saturated rings. The highest BCUT2D eigenvalue weighted by Gasteiger charge is 2.04.